The van der Waals surface area contributed by atoms with Gasteiger partial charge in [-0.2, -0.15) is 0 Å². The molecule has 64 valence electrons. The highest BCUT2D eigenvalue weighted by molar-refractivity contribution is 7.11. The van der Waals surface area contributed by atoms with Gasteiger partial charge in [-0.05, 0) is 20.8 Å². The molecule has 12 heavy (non-hydrogen) atoms. The molecule has 0 bridgehead atoms. The quantitative estimate of drug-likeness (QED) is 0.669. The topological polar surface area (TPSA) is 33.1 Å². The molecule has 0 aliphatic rings. The molecule has 0 saturated heterocycles. The van der Waals surface area contributed by atoms with E-state index in [2.05, 4.69) is 16.8 Å². The van der Waals surface area contributed by atoms with Crippen LogP contribution in [0.1, 0.15) is 23.7 Å². The molecule has 0 aliphatic carbocycles. The second kappa shape index (κ2) is 3.26. The molecule has 0 aliphatic heterocycles. The van der Waals surface area contributed by atoms with E-state index in [1.165, 1.54) is 11.3 Å². The van der Waals surface area contributed by atoms with Crippen LogP contribution in [-0.2, 0) is 5.60 Å². The van der Waals surface area contributed by atoms with Gasteiger partial charge in [-0.1, -0.05) is 5.92 Å². The van der Waals surface area contributed by atoms with Crippen molar-refractivity contribution in [1.29, 1.82) is 0 Å². The van der Waals surface area contributed by atoms with Gasteiger partial charge in [-0.3, -0.25) is 0 Å². The molecule has 0 amide bonds. The maximum absolute atomic E-state index is 9.77. The van der Waals surface area contributed by atoms with E-state index in [1.54, 1.807) is 20.0 Å². The molecule has 2 nitrogen and oxygen atoms in total. The highest BCUT2D eigenvalue weighted by Gasteiger charge is 2.23. The van der Waals surface area contributed by atoms with Crippen molar-refractivity contribution in [1.82, 2.24) is 4.98 Å². The lowest BCUT2D eigenvalue weighted by atomic mass is 10.1. The normalized spacial score (nSPS) is 14.7. The monoisotopic (exact) mass is 181 g/mol. The number of aryl methyl sites for hydroxylation is 1. The summed E-state index contributed by atoms with van der Waals surface area (Å²) < 4.78 is 0. The standard InChI is InChI=1S/C9H11NOS/c1-4-5-9(3,11)8-10-6-7(2)12-8/h6,11H,1-3H3. The van der Waals surface area contributed by atoms with Crippen molar-refractivity contribution in [2.75, 3.05) is 0 Å². The molecular formula is C9H11NOS. The van der Waals surface area contributed by atoms with Crippen molar-refractivity contribution in [3.05, 3.63) is 16.1 Å². The maximum atomic E-state index is 9.77. The fourth-order valence-electron chi connectivity index (χ4n) is 0.877. The number of thiazole rings is 1. The lowest BCUT2D eigenvalue weighted by Crippen LogP contribution is -2.17. The van der Waals surface area contributed by atoms with Gasteiger partial charge in [-0.15, -0.1) is 17.3 Å². The Labute approximate surface area is 76.3 Å². The van der Waals surface area contributed by atoms with E-state index in [4.69, 9.17) is 0 Å². The molecule has 1 atom stereocenters. The van der Waals surface area contributed by atoms with Crippen LogP contribution in [0.15, 0.2) is 6.20 Å². The van der Waals surface area contributed by atoms with Crippen LogP contribution in [0.5, 0.6) is 0 Å². The summed E-state index contributed by atoms with van der Waals surface area (Å²) in [7, 11) is 0. The van der Waals surface area contributed by atoms with Gasteiger partial charge < -0.3 is 5.11 Å². The zero-order chi connectivity index (χ0) is 9.19. The average Bonchev–Trinajstić information content (AvgIpc) is 2.36. The summed E-state index contributed by atoms with van der Waals surface area (Å²) in [6, 6.07) is 0. The molecule has 1 N–H and O–H groups in total. The van der Waals surface area contributed by atoms with Gasteiger partial charge in [0.05, 0.1) is 0 Å². The highest BCUT2D eigenvalue weighted by atomic mass is 32.1. The molecule has 1 unspecified atom stereocenters. The molecule has 3 heteroatoms. The third-order valence-corrected chi connectivity index (χ3v) is 2.53. The second-order valence-corrected chi connectivity index (χ2v) is 3.96. The van der Waals surface area contributed by atoms with E-state index < -0.39 is 5.60 Å². The first-order chi connectivity index (χ1) is 5.56. The van der Waals surface area contributed by atoms with Gasteiger partial charge >= 0.3 is 0 Å². The van der Waals surface area contributed by atoms with Gasteiger partial charge in [0.15, 0.2) is 5.60 Å². The van der Waals surface area contributed by atoms with Crippen LogP contribution >= 0.6 is 11.3 Å². The number of aromatic nitrogens is 1. The van der Waals surface area contributed by atoms with Gasteiger partial charge in [-0.25, -0.2) is 4.98 Å². The van der Waals surface area contributed by atoms with Crippen LogP contribution in [0.2, 0.25) is 0 Å². The molecule has 1 aromatic heterocycles. The summed E-state index contributed by atoms with van der Waals surface area (Å²) in [5.74, 6) is 5.39. The van der Waals surface area contributed by atoms with E-state index in [1.807, 2.05) is 6.92 Å². The number of aliphatic hydroxyl groups is 1. The Hall–Kier alpha value is -0.850. The van der Waals surface area contributed by atoms with Crippen molar-refractivity contribution in [2.24, 2.45) is 0 Å². The fraction of sp³-hybridized carbons (Fsp3) is 0.444. The molecular weight excluding hydrogens is 170 g/mol. The van der Waals surface area contributed by atoms with Gasteiger partial charge in [0.1, 0.15) is 5.01 Å². The molecule has 1 heterocycles. The van der Waals surface area contributed by atoms with E-state index in [-0.39, 0.29) is 0 Å². The summed E-state index contributed by atoms with van der Waals surface area (Å²) >= 11 is 1.47. The zero-order valence-corrected chi connectivity index (χ0v) is 8.20. The van der Waals surface area contributed by atoms with E-state index in [9.17, 15) is 5.11 Å². The van der Waals surface area contributed by atoms with Crippen molar-refractivity contribution < 1.29 is 5.11 Å². The molecule has 1 aromatic rings. The van der Waals surface area contributed by atoms with Crippen LogP contribution in [0, 0.1) is 18.8 Å². The highest BCUT2D eigenvalue weighted by Crippen LogP contribution is 2.24. The minimum absolute atomic E-state index is 0.661. The minimum atomic E-state index is -1.09. The third-order valence-electron chi connectivity index (χ3n) is 1.41. The Morgan fingerprint density at radius 3 is 2.75 bits per heavy atom. The van der Waals surface area contributed by atoms with Crippen molar-refractivity contribution >= 4 is 11.3 Å². The Bertz CT molecular complexity index is 330. The predicted octanol–water partition coefficient (Wildman–Crippen LogP) is 1.68. The van der Waals surface area contributed by atoms with Crippen LogP contribution in [0.4, 0.5) is 0 Å². The van der Waals surface area contributed by atoms with Gasteiger partial charge in [0.25, 0.3) is 0 Å². The van der Waals surface area contributed by atoms with Crippen LogP contribution < -0.4 is 0 Å². The molecule has 1 rings (SSSR count). The maximum Gasteiger partial charge on any atom is 0.174 e. The summed E-state index contributed by atoms with van der Waals surface area (Å²) in [4.78, 5) is 5.16. The largest absolute Gasteiger partial charge is 0.371 e. The number of hydrogen-bond acceptors (Lipinski definition) is 3. The summed E-state index contributed by atoms with van der Waals surface area (Å²) in [6.45, 7) is 5.31. The molecule has 0 spiro atoms. The van der Waals surface area contributed by atoms with E-state index in [0.717, 1.165) is 4.88 Å². The summed E-state index contributed by atoms with van der Waals surface area (Å²) in [5, 5.41) is 10.4. The van der Waals surface area contributed by atoms with Crippen LogP contribution in [0.25, 0.3) is 0 Å². The van der Waals surface area contributed by atoms with E-state index >= 15 is 0 Å². The Balaban J connectivity index is 3.02. The van der Waals surface area contributed by atoms with Crippen LogP contribution in [0.3, 0.4) is 0 Å². The molecule has 0 fully saturated rings. The smallest absolute Gasteiger partial charge is 0.174 e. The Kier molecular flexibility index (Phi) is 2.51. The SMILES string of the molecule is CC#CC(C)(O)c1ncc(C)s1. The predicted molar refractivity (Wildman–Crippen MR) is 49.9 cm³/mol. The first kappa shape index (κ1) is 9.24. The lowest BCUT2D eigenvalue weighted by molar-refractivity contribution is 0.122. The zero-order valence-electron chi connectivity index (χ0n) is 7.38. The Morgan fingerprint density at radius 1 is 1.67 bits per heavy atom. The molecule has 0 saturated carbocycles. The lowest BCUT2D eigenvalue weighted by Gasteiger charge is -2.11. The summed E-state index contributed by atoms with van der Waals surface area (Å²) in [5.41, 5.74) is -1.09. The first-order valence-corrected chi connectivity index (χ1v) is 4.47. The van der Waals surface area contributed by atoms with Crippen molar-refractivity contribution in [2.45, 2.75) is 26.4 Å². The molecule has 0 aromatic carbocycles. The summed E-state index contributed by atoms with van der Waals surface area (Å²) in [6.07, 6.45) is 1.74. The van der Waals surface area contributed by atoms with Crippen molar-refractivity contribution in [3.63, 3.8) is 0 Å². The minimum Gasteiger partial charge on any atom is -0.371 e. The van der Waals surface area contributed by atoms with Crippen molar-refractivity contribution in [3.8, 4) is 11.8 Å². The average molecular weight is 181 g/mol. The van der Waals surface area contributed by atoms with E-state index in [0.29, 0.717) is 5.01 Å². The fourth-order valence-corrected chi connectivity index (χ4v) is 1.64. The number of nitrogens with zero attached hydrogens (tertiary/aromatic N) is 1. The molecule has 0 radical (unpaired) electrons. The Morgan fingerprint density at radius 2 is 2.33 bits per heavy atom. The number of hydrogen-bond donors (Lipinski definition) is 1. The second-order valence-electron chi connectivity index (χ2n) is 2.72. The van der Waals surface area contributed by atoms with Crippen LogP contribution in [-0.4, -0.2) is 10.1 Å². The van der Waals surface area contributed by atoms with Gasteiger partial charge in [0.2, 0.25) is 0 Å². The third kappa shape index (κ3) is 1.84. The van der Waals surface area contributed by atoms with Gasteiger partial charge in [0, 0.05) is 11.1 Å². The first-order valence-electron chi connectivity index (χ1n) is 3.65. The number of rotatable bonds is 1.